The van der Waals surface area contributed by atoms with Crippen LogP contribution in [0, 0.1) is 0 Å². The lowest BCUT2D eigenvalue weighted by Crippen LogP contribution is -2.29. The van der Waals surface area contributed by atoms with Gasteiger partial charge in [0.15, 0.2) is 0 Å². The van der Waals surface area contributed by atoms with Gasteiger partial charge in [-0.15, -0.1) is 0 Å². The fourth-order valence-corrected chi connectivity index (χ4v) is 6.87. The molecule has 0 aliphatic carbocycles. The van der Waals surface area contributed by atoms with Crippen LogP contribution >= 0.6 is 11.8 Å². The van der Waals surface area contributed by atoms with Crippen LogP contribution in [0.1, 0.15) is 57.5 Å². The molecule has 244 valence electrons. The summed E-state index contributed by atoms with van der Waals surface area (Å²) in [5.74, 6) is -0.167. The van der Waals surface area contributed by atoms with E-state index < -0.39 is 5.97 Å². The van der Waals surface area contributed by atoms with E-state index in [-0.39, 0.29) is 18.2 Å². The summed E-state index contributed by atoms with van der Waals surface area (Å²) in [4.78, 5) is 44.8. The van der Waals surface area contributed by atoms with Crippen molar-refractivity contribution in [1.29, 1.82) is 0 Å². The van der Waals surface area contributed by atoms with Gasteiger partial charge in [0.05, 0.1) is 17.8 Å². The number of carbonyl (C=O) groups excluding carboxylic acids is 2. The number of pyridine rings is 1. The zero-order valence-electron chi connectivity index (χ0n) is 26.7. The normalized spacial score (nSPS) is 12.9. The van der Waals surface area contributed by atoms with E-state index >= 15 is 0 Å². The second-order valence-electron chi connectivity index (χ2n) is 11.9. The zero-order chi connectivity index (χ0) is 33.3. The molecule has 0 bridgehead atoms. The molecule has 4 aromatic carbocycles. The van der Waals surface area contributed by atoms with Crippen LogP contribution in [-0.4, -0.2) is 46.7 Å². The minimum absolute atomic E-state index is 0.0994. The summed E-state index contributed by atoms with van der Waals surface area (Å²) in [5.41, 5.74) is 5.95. The Balaban J connectivity index is 1.24. The summed E-state index contributed by atoms with van der Waals surface area (Å²) in [6.07, 6.45) is 5.20. The molecule has 9 heteroatoms. The molecule has 3 N–H and O–H groups in total. The Morgan fingerprint density at radius 2 is 1.60 bits per heavy atom. The van der Waals surface area contributed by atoms with Gasteiger partial charge >= 0.3 is 5.97 Å². The fraction of sp³-hybridized carbons (Fsp3) is 0.231. The standard InChI is InChI=1S/C39H38N4O4S/c44-37(45)17-21-48-26-27-8-6-11-29(22-27)39(47)42-35-15-14-32(43-19-4-1-5-20-43)24-34(35)36-23-30(16-18-40-36)38(46)41-25-31-12-7-10-28-9-2-3-13-33(28)31/h2-3,6-16,18,22-24H,1,4-5,17,19-21,25-26H2,(H,41,46)(H,42,47)(H,44,45). The van der Waals surface area contributed by atoms with Crippen LogP contribution in [-0.2, 0) is 17.1 Å². The number of amides is 2. The molecule has 1 aliphatic rings. The number of fused-ring (bicyclic) bond motifs is 1. The van der Waals surface area contributed by atoms with Gasteiger partial charge in [0.2, 0.25) is 0 Å². The Morgan fingerprint density at radius 3 is 2.46 bits per heavy atom. The summed E-state index contributed by atoms with van der Waals surface area (Å²) in [6, 6.07) is 31.1. The van der Waals surface area contributed by atoms with E-state index in [0.717, 1.165) is 59.1 Å². The van der Waals surface area contributed by atoms with Crippen molar-refractivity contribution in [3.63, 3.8) is 0 Å². The van der Waals surface area contributed by atoms with Gasteiger partial charge < -0.3 is 20.6 Å². The summed E-state index contributed by atoms with van der Waals surface area (Å²) in [5, 5.41) is 17.3. The molecular formula is C39H38N4O4S. The van der Waals surface area contributed by atoms with Crippen molar-refractivity contribution >= 4 is 51.7 Å². The third kappa shape index (κ3) is 8.22. The highest BCUT2D eigenvalue weighted by Gasteiger charge is 2.18. The van der Waals surface area contributed by atoms with Crippen molar-refractivity contribution < 1.29 is 19.5 Å². The topological polar surface area (TPSA) is 112 Å². The molecule has 1 aliphatic heterocycles. The molecule has 1 saturated heterocycles. The summed E-state index contributed by atoms with van der Waals surface area (Å²) in [7, 11) is 0. The molecule has 0 unspecified atom stereocenters. The first-order chi connectivity index (χ1) is 23.4. The summed E-state index contributed by atoms with van der Waals surface area (Å²) < 4.78 is 0. The predicted molar refractivity (Wildman–Crippen MR) is 194 cm³/mol. The molecule has 1 aromatic heterocycles. The molecule has 8 nitrogen and oxygen atoms in total. The maximum atomic E-state index is 13.6. The number of aromatic nitrogens is 1. The van der Waals surface area contributed by atoms with E-state index in [9.17, 15) is 14.4 Å². The van der Waals surface area contributed by atoms with Crippen LogP contribution in [0.15, 0.2) is 103 Å². The van der Waals surface area contributed by atoms with Crippen molar-refractivity contribution in [2.75, 3.05) is 29.1 Å². The van der Waals surface area contributed by atoms with Gasteiger partial charge in [-0.25, -0.2) is 0 Å². The number of thioether (sulfide) groups is 1. The Hall–Kier alpha value is -5.15. The number of benzene rings is 4. The molecule has 0 atom stereocenters. The van der Waals surface area contributed by atoms with E-state index in [1.54, 1.807) is 24.4 Å². The number of nitrogens with zero attached hydrogens (tertiary/aromatic N) is 2. The van der Waals surface area contributed by atoms with E-state index in [1.165, 1.54) is 18.2 Å². The molecule has 0 saturated carbocycles. The minimum Gasteiger partial charge on any atom is -0.481 e. The molecule has 48 heavy (non-hydrogen) atoms. The number of rotatable bonds is 12. The molecule has 1 fully saturated rings. The number of nitrogens with one attached hydrogen (secondary N) is 2. The Morgan fingerprint density at radius 1 is 0.812 bits per heavy atom. The molecule has 2 heterocycles. The predicted octanol–water partition coefficient (Wildman–Crippen LogP) is 7.78. The van der Waals surface area contributed by atoms with Gasteiger partial charge in [-0.3, -0.25) is 19.4 Å². The SMILES string of the molecule is O=C(O)CCSCc1cccc(C(=O)Nc2ccc(N3CCCCC3)cc2-c2cc(C(=O)NCc3cccc4ccccc34)ccn2)c1. The Bertz CT molecular complexity index is 1930. The average Bonchev–Trinajstić information content (AvgIpc) is 3.13. The lowest BCUT2D eigenvalue weighted by molar-refractivity contribution is -0.136. The van der Waals surface area contributed by atoms with Crippen LogP contribution in [0.25, 0.3) is 22.0 Å². The van der Waals surface area contributed by atoms with Gasteiger partial charge in [-0.1, -0.05) is 54.6 Å². The highest BCUT2D eigenvalue weighted by molar-refractivity contribution is 7.98. The molecule has 5 aromatic rings. The molecule has 0 radical (unpaired) electrons. The van der Waals surface area contributed by atoms with Crippen molar-refractivity contribution in [3.8, 4) is 11.3 Å². The first-order valence-electron chi connectivity index (χ1n) is 16.2. The van der Waals surface area contributed by atoms with Gasteiger partial charge in [0, 0.05) is 59.7 Å². The molecular weight excluding hydrogens is 621 g/mol. The summed E-state index contributed by atoms with van der Waals surface area (Å²) in [6.45, 7) is 2.32. The third-order valence-corrected chi connectivity index (χ3v) is 9.54. The third-order valence-electron chi connectivity index (χ3n) is 8.51. The number of hydrogen-bond acceptors (Lipinski definition) is 6. The average molecular weight is 659 g/mol. The lowest BCUT2D eigenvalue weighted by Gasteiger charge is -2.29. The second kappa shape index (κ2) is 15.6. The maximum absolute atomic E-state index is 13.6. The van der Waals surface area contributed by atoms with Crippen LogP contribution < -0.4 is 15.5 Å². The van der Waals surface area contributed by atoms with Crippen LogP contribution in [0.4, 0.5) is 11.4 Å². The highest BCUT2D eigenvalue weighted by atomic mass is 32.2. The number of anilines is 2. The number of piperidine rings is 1. The van der Waals surface area contributed by atoms with Crippen LogP contribution in [0.5, 0.6) is 0 Å². The van der Waals surface area contributed by atoms with Crippen LogP contribution in [0.2, 0.25) is 0 Å². The van der Waals surface area contributed by atoms with E-state index in [1.807, 2.05) is 54.6 Å². The van der Waals surface area contributed by atoms with Crippen molar-refractivity contribution in [1.82, 2.24) is 10.3 Å². The quantitative estimate of drug-likeness (QED) is 0.117. The maximum Gasteiger partial charge on any atom is 0.304 e. The minimum atomic E-state index is -0.820. The zero-order valence-corrected chi connectivity index (χ0v) is 27.5. The van der Waals surface area contributed by atoms with E-state index in [0.29, 0.717) is 40.6 Å². The van der Waals surface area contributed by atoms with Crippen molar-refractivity contribution in [2.24, 2.45) is 0 Å². The van der Waals surface area contributed by atoms with Gasteiger partial charge in [-0.05, 0) is 83.6 Å². The summed E-state index contributed by atoms with van der Waals surface area (Å²) >= 11 is 1.52. The first-order valence-corrected chi connectivity index (χ1v) is 17.4. The van der Waals surface area contributed by atoms with E-state index in [2.05, 4.69) is 44.8 Å². The highest BCUT2D eigenvalue weighted by Crippen LogP contribution is 2.33. The number of carboxylic acid groups (broad SMARTS) is 1. The van der Waals surface area contributed by atoms with E-state index in [4.69, 9.17) is 5.11 Å². The number of aliphatic carboxylic acids is 1. The van der Waals surface area contributed by atoms with Gasteiger partial charge in [0.25, 0.3) is 11.8 Å². The van der Waals surface area contributed by atoms with Crippen molar-refractivity contribution in [3.05, 3.63) is 126 Å². The monoisotopic (exact) mass is 658 g/mol. The molecule has 6 rings (SSSR count). The first kappa shape index (κ1) is 32.8. The van der Waals surface area contributed by atoms with Crippen molar-refractivity contribution in [2.45, 2.75) is 38.0 Å². The van der Waals surface area contributed by atoms with Gasteiger partial charge in [-0.2, -0.15) is 11.8 Å². The smallest absolute Gasteiger partial charge is 0.304 e. The second-order valence-corrected chi connectivity index (χ2v) is 13.0. The number of carbonyl (C=O) groups is 3. The van der Waals surface area contributed by atoms with Gasteiger partial charge in [0.1, 0.15) is 0 Å². The molecule has 2 amide bonds. The largest absolute Gasteiger partial charge is 0.481 e. The lowest BCUT2D eigenvalue weighted by atomic mass is 10.0. The molecule has 0 spiro atoms. The number of carboxylic acids is 1. The fourth-order valence-electron chi connectivity index (χ4n) is 5.99. The Kier molecular flexibility index (Phi) is 10.7. The number of hydrogen-bond donors (Lipinski definition) is 3. The van der Waals surface area contributed by atoms with Crippen LogP contribution in [0.3, 0.4) is 0 Å². The Labute approximate surface area is 284 Å².